The van der Waals surface area contributed by atoms with Crippen LogP contribution in [-0.2, 0) is 9.59 Å². The SMILES string of the molecule is CC1(C)CC(=O)C2=C(C1)N(c1ccccc1C#N)C(=O)CC2c1ccc(Cl)cc1Cl. The molecule has 0 saturated carbocycles. The second kappa shape index (κ2) is 7.58. The number of nitriles is 1. The van der Waals surface area contributed by atoms with Crippen molar-refractivity contribution < 1.29 is 9.59 Å². The molecule has 1 amide bonds. The van der Waals surface area contributed by atoms with E-state index in [4.69, 9.17) is 23.2 Å². The Morgan fingerprint density at radius 3 is 2.53 bits per heavy atom. The summed E-state index contributed by atoms with van der Waals surface area (Å²) >= 11 is 12.5. The summed E-state index contributed by atoms with van der Waals surface area (Å²) in [7, 11) is 0. The number of carbonyl (C=O) groups excluding carboxylic acids is 2. The maximum absolute atomic E-state index is 13.4. The average Bonchev–Trinajstić information content (AvgIpc) is 2.66. The van der Waals surface area contributed by atoms with Gasteiger partial charge in [0.25, 0.3) is 0 Å². The number of halogens is 2. The van der Waals surface area contributed by atoms with Crippen molar-refractivity contribution in [3.05, 3.63) is 74.9 Å². The van der Waals surface area contributed by atoms with Crippen LogP contribution >= 0.6 is 23.2 Å². The molecule has 0 N–H and O–H groups in total. The normalized spacial score (nSPS) is 20.8. The summed E-state index contributed by atoms with van der Waals surface area (Å²) in [5, 5.41) is 10.5. The molecule has 0 aromatic heterocycles. The quantitative estimate of drug-likeness (QED) is 0.574. The number of ketones is 1. The summed E-state index contributed by atoms with van der Waals surface area (Å²) < 4.78 is 0. The first-order chi connectivity index (χ1) is 14.2. The Hall–Kier alpha value is -2.61. The maximum atomic E-state index is 13.4. The number of rotatable bonds is 2. The molecule has 0 radical (unpaired) electrons. The Kier molecular flexibility index (Phi) is 5.22. The van der Waals surface area contributed by atoms with Crippen LogP contribution in [0.4, 0.5) is 5.69 Å². The minimum atomic E-state index is -0.425. The molecule has 2 aromatic rings. The number of allylic oxidation sites excluding steroid dienone is 2. The number of nitrogens with zero attached hydrogens (tertiary/aromatic N) is 2. The first-order valence-electron chi connectivity index (χ1n) is 9.75. The fourth-order valence-corrected chi connectivity index (χ4v) is 5.05. The van der Waals surface area contributed by atoms with Crippen LogP contribution in [-0.4, -0.2) is 11.7 Å². The molecule has 0 saturated heterocycles. The monoisotopic (exact) mass is 438 g/mol. The van der Waals surface area contributed by atoms with Crippen LogP contribution in [0.1, 0.15) is 50.2 Å². The summed E-state index contributed by atoms with van der Waals surface area (Å²) in [6.45, 7) is 4.04. The Balaban J connectivity index is 1.95. The van der Waals surface area contributed by atoms with Crippen molar-refractivity contribution in [2.75, 3.05) is 4.90 Å². The third-order valence-electron chi connectivity index (χ3n) is 5.75. The molecule has 0 spiro atoms. The van der Waals surface area contributed by atoms with Gasteiger partial charge in [-0.05, 0) is 41.7 Å². The Labute approximate surface area is 185 Å². The fraction of sp³-hybridized carbons (Fsp3) is 0.292. The molecule has 4 nitrogen and oxygen atoms in total. The largest absolute Gasteiger partial charge is 0.294 e. The minimum absolute atomic E-state index is 0.0178. The van der Waals surface area contributed by atoms with Crippen LogP contribution in [0.25, 0.3) is 0 Å². The highest BCUT2D eigenvalue weighted by molar-refractivity contribution is 6.35. The van der Waals surface area contributed by atoms with Gasteiger partial charge in [-0.15, -0.1) is 0 Å². The molecule has 1 aliphatic carbocycles. The molecule has 2 aromatic carbocycles. The van der Waals surface area contributed by atoms with Crippen molar-refractivity contribution in [1.29, 1.82) is 5.26 Å². The van der Waals surface area contributed by atoms with E-state index in [-0.39, 0.29) is 23.5 Å². The van der Waals surface area contributed by atoms with Crippen molar-refractivity contribution in [3.8, 4) is 6.07 Å². The van der Waals surface area contributed by atoms with E-state index >= 15 is 0 Å². The van der Waals surface area contributed by atoms with Crippen LogP contribution < -0.4 is 4.90 Å². The van der Waals surface area contributed by atoms with Crippen LogP contribution in [0.3, 0.4) is 0 Å². The molecule has 1 heterocycles. The number of Topliss-reactive ketones (excluding diaryl/α,β-unsaturated/α-hetero) is 1. The van der Waals surface area contributed by atoms with Gasteiger partial charge in [0, 0.05) is 40.1 Å². The van der Waals surface area contributed by atoms with Crippen LogP contribution in [0.15, 0.2) is 53.7 Å². The Morgan fingerprint density at radius 2 is 1.83 bits per heavy atom. The highest BCUT2D eigenvalue weighted by Crippen LogP contribution is 2.49. The van der Waals surface area contributed by atoms with Gasteiger partial charge in [-0.3, -0.25) is 14.5 Å². The molecule has 152 valence electrons. The van der Waals surface area contributed by atoms with Gasteiger partial charge in [0.05, 0.1) is 11.3 Å². The zero-order valence-electron chi connectivity index (χ0n) is 16.7. The summed E-state index contributed by atoms with van der Waals surface area (Å²) in [5.41, 5.74) is 2.64. The lowest BCUT2D eigenvalue weighted by atomic mass is 9.69. The predicted molar refractivity (Wildman–Crippen MR) is 118 cm³/mol. The predicted octanol–water partition coefficient (Wildman–Crippen LogP) is 6.03. The highest BCUT2D eigenvalue weighted by atomic mass is 35.5. The second-order valence-corrected chi connectivity index (χ2v) is 9.43. The standard InChI is InChI=1S/C24H20Cl2N2O2/c1-24(2)11-20-23(21(29)12-24)17(16-8-7-15(25)9-18(16)26)10-22(30)28(20)19-6-4-3-5-14(19)13-27/h3-9,17H,10-12H2,1-2H3. The van der Waals surface area contributed by atoms with Crippen molar-refractivity contribution in [1.82, 2.24) is 0 Å². The lowest BCUT2D eigenvalue weighted by Gasteiger charge is -2.43. The summed E-state index contributed by atoms with van der Waals surface area (Å²) in [5.74, 6) is -0.562. The van der Waals surface area contributed by atoms with Gasteiger partial charge in [-0.25, -0.2) is 0 Å². The number of para-hydroxylation sites is 1. The maximum Gasteiger partial charge on any atom is 0.232 e. The number of hydrogen-bond acceptors (Lipinski definition) is 3. The highest BCUT2D eigenvalue weighted by Gasteiger charge is 2.45. The van der Waals surface area contributed by atoms with Gasteiger partial charge in [-0.2, -0.15) is 5.26 Å². The van der Waals surface area contributed by atoms with E-state index in [1.54, 1.807) is 47.4 Å². The van der Waals surface area contributed by atoms with Crippen LogP contribution in [0.2, 0.25) is 10.0 Å². The van der Waals surface area contributed by atoms with Gasteiger partial charge >= 0.3 is 0 Å². The number of anilines is 1. The zero-order chi connectivity index (χ0) is 21.6. The topological polar surface area (TPSA) is 61.2 Å². The van der Waals surface area contributed by atoms with Gasteiger partial charge in [0.15, 0.2) is 5.78 Å². The number of benzene rings is 2. The molecule has 0 fully saturated rings. The second-order valence-electron chi connectivity index (χ2n) is 8.58. The first kappa shape index (κ1) is 20.7. The van der Waals surface area contributed by atoms with E-state index in [2.05, 4.69) is 6.07 Å². The number of carbonyl (C=O) groups is 2. The number of hydrogen-bond donors (Lipinski definition) is 0. The van der Waals surface area contributed by atoms with Crippen molar-refractivity contribution in [2.45, 2.75) is 39.0 Å². The molecule has 6 heteroatoms. The third-order valence-corrected chi connectivity index (χ3v) is 6.31. The number of amides is 1. The van der Waals surface area contributed by atoms with Gasteiger partial charge in [0.2, 0.25) is 5.91 Å². The van der Waals surface area contributed by atoms with Gasteiger partial charge in [0.1, 0.15) is 6.07 Å². The molecule has 1 atom stereocenters. The van der Waals surface area contributed by atoms with E-state index in [0.29, 0.717) is 45.4 Å². The van der Waals surface area contributed by atoms with E-state index in [0.717, 1.165) is 5.56 Å². The minimum Gasteiger partial charge on any atom is -0.294 e. The molecular weight excluding hydrogens is 419 g/mol. The summed E-state index contributed by atoms with van der Waals surface area (Å²) in [6, 6.07) is 14.3. The first-order valence-corrected chi connectivity index (χ1v) is 10.5. The molecule has 1 aliphatic heterocycles. The van der Waals surface area contributed by atoms with Crippen molar-refractivity contribution >= 4 is 40.6 Å². The van der Waals surface area contributed by atoms with Crippen molar-refractivity contribution in [2.24, 2.45) is 5.41 Å². The smallest absolute Gasteiger partial charge is 0.232 e. The van der Waals surface area contributed by atoms with Gasteiger partial charge in [-0.1, -0.05) is 55.2 Å². The van der Waals surface area contributed by atoms with E-state index < -0.39 is 5.92 Å². The third kappa shape index (κ3) is 3.53. The van der Waals surface area contributed by atoms with Crippen LogP contribution in [0, 0.1) is 16.7 Å². The fourth-order valence-electron chi connectivity index (χ4n) is 4.51. The van der Waals surface area contributed by atoms with E-state index in [9.17, 15) is 14.9 Å². The molecule has 0 bridgehead atoms. The average molecular weight is 439 g/mol. The Morgan fingerprint density at radius 1 is 1.10 bits per heavy atom. The lowest BCUT2D eigenvalue weighted by molar-refractivity contribution is -0.121. The zero-order valence-corrected chi connectivity index (χ0v) is 18.2. The molecule has 4 rings (SSSR count). The van der Waals surface area contributed by atoms with E-state index in [1.165, 1.54) is 0 Å². The van der Waals surface area contributed by atoms with Crippen molar-refractivity contribution in [3.63, 3.8) is 0 Å². The molecule has 1 unspecified atom stereocenters. The molecule has 30 heavy (non-hydrogen) atoms. The van der Waals surface area contributed by atoms with Crippen LogP contribution in [0.5, 0.6) is 0 Å². The summed E-state index contributed by atoms with van der Waals surface area (Å²) in [4.78, 5) is 28.3. The van der Waals surface area contributed by atoms with Gasteiger partial charge < -0.3 is 0 Å². The summed E-state index contributed by atoms with van der Waals surface area (Å²) in [6.07, 6.45) is 1.06. The Bertz CT molecular complexity index is 1140. The molecular formula is C24H20Cl2N2O2. The molecule has 2 aliphatic rings. The lowest BCUT2D eigenvalue weighted by Crippen LogP contribution is -2.44. The van der Waals surface area contributed by atoms with E-state index in [1.807, 2.05) is 13.8 Å².